The second kappa shape index (κ2) is 6.49. The number of fused-ring (bicyclic) bond motifs is 1. The van der Waals surface area contributed by atoms with E-state index >= 15 is 0 Å². The van der Waals surface area contributed by atoms with Gasteiger partial charge in [0.05, 0.1) is 12.2 Å². The Kier molecular flexibility index (Phi) is 4.45. The van der Waals surface area contributed by atoms with E-state index in [4.69, 9.17) is 0 Å². The summed E-state index contributed by atoms with van der Waals surface area (Å²) in [5.74, 6) is 1.01. The lowest BCUT2D eigenvalue weighted by atomic mass is 10.1. The lowest BCUT2D eigenvalue weighted by Gasteiger charge is -2.18. The number of hydrogen-bond donors (Lipinski definition) is 1. The number of nitrogens with zero attached hydrogens (tertiary/aromatic N) is 4. The van der Waals surface area contributed by atoms with Crippen molar-refractivity contribution in [2.24, 2.45) is 0 Å². The van der Waals surface area contributed by atoms with Gasteiger partial charge in [0, 0.05) is 42.7 Å². The van der Waals surface area contributed by atoms with Crippen molar-refractivity contribution in [2.75, 3.05) is 18.4 Å². The van der Waals surface area contributed by atoms with Gasteiger partial charge < -0.3 is 5.32 Å². The van der Waals surface area contributed by atoms with Crippen LogP contribution in [0.3, 0.4) is 0 Å². The highest BCUT2D eigenvalue weighted by atomic mass is 32.1. The molecule has 0 radical (unpaired) electrons. The van der Waals surface area contributed by atoms with Crippen LogP contribution < -0.4 is 5.32 Å². The van der Waals surface area contributed by atoms with Gasteiger partial charge in [-0.25, -0.2) is 15.0 Å². The summed E-state index contributed by atoms with van der Waals surface area (Å²) in [5.41, 5.74) is 2.47. The Hall–Kier alpha value is -1.53. The summed E-state index contributed by atoms with van der Waals surface area (Å²) in [6, 6.07) is 0.388. The highest BCUT2D eigenvalue weighted by molar-refractivity contribution is 7.09. The highest BCUT2D eigenvalue weighted by Gasteiger charge is 2.19. The zero-order chi connectivity index (χ0) is 14.7. The Morgan fingerprint density at radius 2 is 2.10 bits per heavy atom. The molecule has 0 unspecified atom stereocenters. The van der Waals surface area contributed by atoms with E-state index in [1.807, 2.05) is 11.6 Å². The van der Waals surface area contributed by atoms with Gasteiger partial charge in [-0.1, -0.05) is 0 Å². The van der Waals surface area contributed by atoms with Crippen molar-refractivity contribution in [1.82, 2.24) is 19.9 Å². The maximum absolute atomic E-state index is 4.49. The van der Waals surface area contributed by atoms with Crippen molar-refractivity contribution < 1.29 is 0 Å². The first-order valence-electron chi connectivity index (χ1n) is 7.42. The predicted molar refractivity (Wildman–Crippen MR) is 85.6 cm³/mol. The van der Waals surface area contributed by atoms with Crippen LogP contribution in [0.2, 0.25) is 0 Å². The van der Waals surface area contributed by atoms with E-state index in [0.29, 0.717) is 6.04 Å². The molecule has 3 rings (SSSR count). The van der Waals surface area contributed by atoms with Crippen LogP contribution in [0, 0.1) is 0 Å². The minimum absolute atomic E-state index is 0.388. The molecule has 112 valence electrons. The third-order valence-corrected chi connectivity index (χ3v) is 4.41. The summed E-state index contributed by atoms with van der Waals surface area (Å²) in [5, 5.41) is 6.67. The van der Waals surface area contributed by atoms with Crippen molar-refractivity contribution in [1.29, 1.82) is 0 Å². The molecule has 2 aromatic heterocycles. The van der Waals surface area contributed by atoms with Crippen LogP contribution in [0.25, 0.3) is 0 Å². The molecule has 2 aromatic rings. The highest BCUT2D eigenvalue weighted by Crippen LogP contribution is 2.22. The average molecular weight is 303 g/mol. The van der Waals surface area contributed by atoms with Crippen LogP contribution in [-0.4, -0.2) is 39.0 Å². The van der Waals surface area contributed by atoms with Gasteiger partial charge in [0.25, 0.3) is 0 Å². The first kappa shape index (κ1) is 14.4. The fraction of sp³-hybridized carbons (Fsp3) is 0.533. The minimum atomic E-state index is 0.388. The summed E-state index contributed by atoms with van der Waals surface area (Å²) < 4.78 is 0. The monoisotopic (exact) mass is 303 g/mol. The molecule has 1 N–H and O–H groups in total. The summed E-state index contributed by atoms with van der Waals surface area (Å²) in [4.78, 5) is 15.8. The molecule has 0 aliphatic carbocycles. The normalized spacial score (nSPS) is 15.8. The SMILES string of the molecule is CC(C)Nc1ncnc2c1CCN(Cc1nccs1)CC2. The Balaban J connectivity index is 1.73. The molecular weight excluding hydrogens is 282 g/mol. The molecule has 0 spiro atoms. The molecule has 21 heavy (non-hydrogen) atoms. The number of thiazole rings is 1. The van der Waals surface area contributed by atoms with Gasteiger partial charge in [-0.15, -0.1) is 11.3 Å². The van der Waals surface area contributed by atoms with E-state index in [-0.39, 0.29) is 0 Å². The summed E-state index contributed by atoms with van der Waals surface area (Å²) in [7, 11) is 0. The van der Waals surface area contributed by atoms with Crippen LogP contribution in [-0.2, 0) is 19.4 Å². The van der Waals surface area contributed by atoms with Crippen LogP contribution >= 0.6 is 11.3 Å². The van der Waals surface area contributed by atoms with Crippen LogP contribution in [0.5, 0.6) is 0 Å². The second-order valence-corrected chi connectivity index (χ2v) is 6.63. The molecule has 0 saturated heterocycles. The van der Waals surface area contributed by atoms with Crippen molar-refractivity contribution in [2.45, 2.75) is 39.3 Å². The zero-order valence-corrected chi connectivity index (χ0v) is 13.4. The van der Waals surface area contributed by atoms with Gasteiger partial charge in [-0.3, -0.25) is 4.90 Å². The Labute approximate surface area is 129 Å². The number of nitrogens with one attached hydrogen (secondary N) is 1. The van der Waals surface area contributed by atoms with E-state index in [9.17, 15) is 0 Å². The van der Waals surface area contributed by atoms with Crippen molar-refractivity contribution in [3.63, 3.8) is 0 Å². The molecule has 6 heteroatoms. The molecule has 1 aliphatic rings. The first-order valence-corrected chi connectivity index (χ1v) is 8.30. The van der Waals surface area contributed by atoms with Crippen LogP contribution in [0.15, 0.2) is 17.9 Å². The van der Waals surface area contributed by atoms with Gasteiger partial charge in [-0.2, -0.15) is 0 Å². The standard InChI is InChI=1S/C15H21N5S/c1-11(2)19-15-12-3-6-20(9-14-16-5-8-21-14)7-4-13(12)17-10-18-15/h5,8,10-11H,3-4,6-7,9H2,1-2H3,(H,17,18,19). The van der Waals surface area contributed by atoms with Gasteiger partial charge >= 0.3 is 0 Å². The molecule has 0 atom stereocenters. The molecular formula is C15H21N5S. The topological polar surface area (TPSA) is 53.9 Å². The van der Waals surface area contributed by atoms with Crippen molar-refractivity contribution in [3.05, 3.63) is 34.2 Å². The predicted octanol–water partition coefficient (Wildman–Crippen LogP) is 2.35. The molecule has 0 saturated carbocycles. The van der Waals surface area contributed by atoms with Crippen molar-refractivity contribution in [3.8, 4) is 0 Å². The fourth-order valence-corrected chi connectivity index (χ4v) is 3.31. The Morgan fingerprint density at radius 1 is 1.24 bits per heavy atom. The minimum Gasteiger partial charge on any atom is -0.368 e. The van der Waals surface area contributed by atoms with E-state index in [1.165, 1.54) is 16.3 Å². The van der Waals surface area contributed by atoms with Crippen LogP contribution in [0.1, 0.15) is 30.1 Å². The Morgan fingerprint density at radius 3 is 2.86 bits per heavy atom. The molecule has 5 nitrogen and oxygen atoms in total. The third-order valence-electron chi connectivity index (χ3n) is 3.65. The molecule has 0 fully saturated rings. The maximum atomic E-state index is 4.49. The van der Waals surface area contributed by atoms with Gasteiger partial charge in [-0.05, 0) is 20.3 Å². The molecule has 0 bridgehead atoms. The summed E-state index contributed by atoms with van der Waals surface area (Å²) >= 11 is 1.73. The average Bonchev–Trinajstić information content (AvgIpc) is 2.86. The number of aromatic nitrogens is 3. The quantitative estimate of drug-likeness (QED) is 0.939. The molecule has 0 amide bonds. The van der Waals surface area contributed by atoms with Crippen LogP contribution in [0.4, 0.5) is 5.82 Å². The van der Waals surface area contributed by atoms with E-state index in [2.05, 4.69) is 39.0 Å². The second-order valence-electron chi connectivity index (χ2n) is 5.65. The van der Waals surface area contributed by atoms with Gasteiger partial charge in [0.2, 0.25) is 0 Å². The first-order chi connectivity index (χ1) is 10.2. The molecule has 3 heterocycles. The van der Waals surface area contributed by atoms with Gasteiger partial charge in [0.1, 0.15) is 17.2 Å². The number of rotatable bonds is 4. The maximum Gasteiger partial charge on any atom is 0.133 e. The number of hydrogen-bond acceptors (Lipinski definition) is 6. The van der Waals surface area contributed by atoms with E-state index in [1.54, 1.807) is 17.7 Å². The smallest absolute Gasteiger partial charge is 0.133 e. The van der Waals surface area contributed by atoms with Gasteiger partial charge in [0.15, 0.2) is 0 Å². The van der Waals surface area contributed by atoms with Crippen molar-refractivity contribution >= 4 is 17.2 Å². The third kappa shape index (κ3) is 3.57. The molecule has 0 aromatic carbocycles. The lowest BCUT2D eigenvalue weighted by Crippen LogP contribution is -2.25. The Bertz CT molecular complexity index is 582. The lowest BCUT2D eigenvalue weighted by molar-refractivity contribution is 0.278. The largest absolute Gasteiger partial charge is 0.368 e. The summed E-state index contributed by atoms with van der Waals surface area (Å²) in [6.45, 7) is 7.28. The zero-order valence-electron chi connectivity index (χ0n) is 12.5. The molecule has 1 aliphatic heterocycles. The fourth-order valence-electron chi connectivity index (χ4n) is 2.65. The summed E-state index contributed by atoms with van der Waals surface area (Å²) in [6.07, 6.45) is 5.54. The number of anilines is 1. The van der Waals surface area contributed by atoms with E-state index in [0.717, 1.165) is 38.3 Å². The van der Waals surface area contributed by atoms with E-state index < -0.39 is 0 Å².